The van der Waals surface area contributed by atoms with E-state index in [1.807, 2.05) is 12.1 Å². The molecule has 1 amide bonds. The summed E-state index contributed by atoms with van der Waals surface area (Å²) in [4.78, 5) is 22.7. The zero-order valence-corrected chi connectivity index (χ0v) is 21.9. The molecular weight excluding hydrogens is 450 g/mol. The van der Waals surface area contributed by atoms with Crippen LogP contribution in [0, 0.1) is 19.8 Å². The van der Waals surface area contributed by atoms with Gasteiger partial charge >= 0.3 is 5.97 Å². The molecule has 5 heteroatoms. The zero-order valence-electron chi connectivity index (χ0n) is 21.9. The van der Waals surface area contributed by atoms with Gasteiger partial charge in [-0.05, 0) is 89.8 Å². The summed E-state index contributed by atoms with van der Waals surface area (Å²) in [5.41, 5.74) is 7.89. The standard InChI is InChI=1S/C31H37NO4/c1-20(2)25-10-12-26(13-11-25)30-22(4)17-28(18-23(30)5)36-19-21(3)16-24-6-8-27(9-7-24)31(35)32-15-14-29(33)34/h6-13,17-18,20-21H,14-16,19H2,1-5H3,(H,32,35)(H,33,34). The number of ether oxygens (including phenoxy) is 1. The van der Waals surface area contributed by atoms with E-state index in [9.17, 15) is 9.59 Å². The molecule has 0 spiro atoms. The van der Waals surface area contributed by atoms with Crippen LogP contribution in [0.1, 0.15) is 65.7 Å². The van der Waals surface area contributed by atoms with Gasteiger partial charge in [0.1, 0.15) is 5.75 Å². The summed E-state index contributed by atoms with van der Waals surface area (Å²) in [5, 5.41) is 11.3. The third-order valence-corrected chi connectivity index (χ3v) is 6.33. The molecule has 1 atom stereocenters. The van der Waals surface area contributed by atoms with Crippen molar-refractivity contribution in [3.05, 3.63) is 88.5 Å². The van der Waals surface area contributed by atoms with E-state index in [1.54, 1.807) is 12.1 Å². The summed E-state index contributed by atoms with van der Waals surface area (Å²) in [6, 6.07) is 20.5. The Labute approximate surface area is 214 Å². The van der Waals surface area contributed by atoms with Crippen LogP contribution < -0.4 is 10.1 Å². The molecule has 0 radical (unpaired) electrons. The van der Waals surface area contributed by atoms with Crippen molar-refractivity contribution in [1.82, 2.24) is 5.32 Å². The van der Waals surface area contributed by atoms with Gasteiger partial charge in [0.2, 0.25) is 0 Å². The van der Waals surface area contributed by atoms with Crippen LogP contribution >= 0.6 is 0 Å². The number of aryl methyl sites for hydroxylation is 2. The molecule has 0 aromatic heterocycles. The van der Waals surface area contributed by atoms with Gasteiger partial charge in [0.05, 0.1) is 13.0 Å². The number of benzene rings is 3. The summed E-state index contributed by atoms with van der Waals surface area (Å²) in [7, 11) is 0. The van der Waals surface area contributed by atoms with Gasteiger partial charge in [-0.15, -0.1) is 0 Å². The lowest BCUT2D eigenvalue weighted by Gasteiger charge is -2.17. The predicted molar refractivity (Wildman–Crippen MR) is 145 cm³/mol. The van der Waals surface area contributed by atoms with Crippen LogP contribution in [0.3, 0.4) is 0 Å². The molecule has 3 aromatic rings. The number of hydrogen-bond donors (Lipinski definition) is 2. The normalized spacial score (nSPS) is 11.8. The molecule has 0 fully saturated rings. The summed E-state index contributed by atoms with van der Waals surface area (Å²) >= 11 is 0. The van der Waals surface area contributed by atoms with Crippen LogP contribution in [0.5, 0.6) is 5.75 Å². The van der Waals surface area contributed by atoms with E-state index in [2.05, 4.69) is 76.3 Å². The van der Waals surface area contributed by atoms with E-state index in [0.29, 0.717) is 24.0 Å². The molecule has 190 valence electrons. The summed E-state index contributed by atoms with van der Waals surface area (Å²) in [5.74, 6) is 0.507. The van der Waals surface area contributed by atoms with E-state index in [4.69, 9.17) is 9.84 Å². The van der Waals surface area contributed by atoms with Crippen LogP contribution in [-0.4, -0.2) is 30.1 Å². The fourth-order valence-corrected chi connectivity index (χ4v) is 4.37. The molecule has 0 aliphatic rings. The second-order valence-electron chi connectivity index (χ2n) is 9.93. The van der Waals surface area contributed by atoms with Crippen LogP contribution in [0.4, 0.5) is 0 Å². The molecule has 2 N–H and O–H groups in total. The maximum atomic E-state index is 12.1. The first kappa shape index (κ1) is 27.0. The molecule has 1 unspecified atom stereocenters. The Bertz CT molecular complexity index is 1160. The number of carboxylic acid groups (broad SMARTS) is 1. The van der Waals surface area contributed by atoms with Gasteiger partial charge in [0.25, 0.3) is 5.91 Å². The topological polar surface area (TPSA) is 75.6 Å². The number of rotatable bonds is 11. The largest absolute Gasteiger partial charge is 0.493 e. The second-order valence-corrected chi connectivity index (χ2v) is 9.93. The molecule has 0 aliphatic heterocycles. The molecule has 3 aromatic carbocycles. The van der Waals surface area contributed by atoms with Crippen molar-refractivity contribution < 1.29 is 19.4 Å². The molecular formula is C31H37NO4. The van der Waals surface area contributed by atoms with Gasteiger partial charge in [0.15, 0.2) is 0 Å². The number of carboxylic acids is 1. The first-order valence-electron chi connectivity index (χ1n) is 12.6. The highest BCUT2D eigenvalue weighted by atomic mass is 16.5. The average Bonchev–Trinajstić information content (AvgIpc) is 2.83. The number of aliphatic carboxylic acids is 1. The van der Waals surface area contributed by atoms with Crippen molar-refractivity contribution in [2.45, 2.75) is 53.4 Å². The Balaban J connectivity index is 1.56. The molecule has 0 bridgehead atoms. The van der Waals surface area contributed by atoms with Gasteiger partial charge in [0, 0.05) is 12.1 Å². The maximum absolute atomic E-state index is 12.1. The third kappa shape index (κ3) is 7.45. The highest BCUT2D eigenvalue weighted by Gasteiger charge is 2.12. The quantitative estimate of drug-likeness (QED) is 0.321. The SMILES string of the molecule is Cc1cc(OCC(C)Cc2ccc(C(=O)NCCC(=O)O)cc2)cc(C)c1-c1ccc(C(C)C)cc1. The monoisotopic (exact) mass is 487 g/mol. The molecule has 3 rings (SSSR count). The lowest BCUT2D eigenvalue weighted by Crippen LogP contribution is -2.25. The lowest BCUT2D eigenvalue weighted by atomic mass is 9.93. The van der Waals surface area contributed by atoms with E-state index in [-0.39, 0.29) is 18.9 Å². The van der Waals surface area contributed by atoms with Gasteiger partial charge in [-0.1, -0.05) is 57.2 Å². The minimum Gasteiger partial charge on any atom is -0.493 e. The first-order valence-corrected chi connectivity index (χ1v) is 12.6. The number of carbonyl (C=O) groups is 2. The molecule has 0 aliphatic carbocycles. The Morgan fingerprint density at radius 3 is 2.08 bits per heavy atom. The Morgan fingerprint density at radius 2 is 1.53 bits per heavy atom. The van der Waals surface area contributed by atoms with Gasteiger partial charge in [-0.25, -0.2) is 0 Å². The average molecular weight is 488 g/mol. The number of nitrogens with one attached hydrogen (secondary N) is 1. The predicted octanol–water partition coefficient (Wildman–Crippen LogP) is 6.56. The Kier molecular flexibility index (Phi) is 9.29. The molecule has 5 nitrogen and oxygen atoms in total. The van der Waals surface area contributed by atoms with Crippen molar-refractivity contribution in [2.24, 2.45) is 5.92 Å². The maximum Gasteiger partial charge on any atom is 0.305 e. The number of hydrogen-bond acceptors (Lipinski definition) is 3. The van der Waals surface area contributed by atoms with Gasteiger partial charge in [-0.2, -0.15) is 0 Å². The zero-order chi connectivity index (χ0) is 26.2. The lowest BCUT2D eigenvalue weighted by molar-refractivity contribution is -0.136. The number of carbonyl (C=O) groups excluding carboxylic acids is 1. The van der Waals surface area contributed by atoms with Crippen molar-refractivity contribution in [3.8, 4) is 16.9 Å². The molecule has 0 heterocycles. The minimum absolute atomic E-state index is 0.0888. The van der Waals surface area contributed by atoms with Gasteiger partial charge in [-0.3, -0.25) is 9.59 Å². The van der Waals surface area contributed by atoms with Crippen molar-refractivity contribution in [3.63, 3.8) is 0 Å². The highest BCUT2D eigenvalue weighted by Crippen LogP contribution is 2.32. The molecule has 0 saturated heterocycles. The third-order valence-electron chi connectivity index (χ3n) is 6.33. The highest BCUT2D eigenvalue weighted by molar-refractivity contribution is 5.94. The Morgan fingerprint density at radius 1 is 0.917 bits per heavy atom. The number of amides is 1. The Hall–Kier alpha value is -3.60. The van der Waals surface area contributed by atoms with Crippen molar-refractivity contribution >= 4 is 11.9 Å². The molecule has 36 heavy (non-hydrogen) atoms. The minimum atomic E-state index is -0.931. The first-order chi connectivity index (χ1) is 17.1. The summed E-state index contributed by atoms with van der Waals surface area (Å²) in [6.07, 6.45) is 0.744. The summed E-state index contributed by atoms with van der Waals surface area (Å²) < 4.78 is 6.16. The fourth-order valence-electron chi connectivity index (χ4n) is 4.37. The fraction of sp³-hybridized carbons (Fsp3) is 0.355. The van der Waals surface area contributed by atoms with Crippen molar-refractivity contribution in [2.75, 3.05) is 13.2 Å². The van der Waals surface area contributed by atoms with Crippen LogP contribution in [0.25, 0.3) is 11.1 Å². The smallest absolute Gasteiger partial charge is 0.305 e. The van der Waals surface area contributed by atoms with Crippen molar-refractivity contribution in [1.29, 1.82) is 0 Å². The van der Waals surface area contributed by atoms with Gasteiger partial charge < -0.3 is 15.2 Å². The molecule has 0 saturated carbocycles. The van der Waals surface area contributed by atoms with E-state index in [1.165, 1.54) is 27.8 Å². The van der Waals surface area contributed by atoms with E-state index < -0.39 is 5.97 Å². The van der Waals surface area contributed by atoms with E-state index in [0.717, 1.165) is 17.7 Å². The van der Waals surface area contributed by atoms with Crippen LogP contribution in [0.2, 0.25) is 0 Å². The van der Waals surface area contributed by atoms with Crippen LogP contribution in [-0.2, 0) is 11.2 Å². The van der Waals surface area contributed by atoms with E-state index >= 15 is 0 Å². The van der Waals surface area contributed by atoms with Crippen LogP contribution in [0.15, 0.2) is 60.7 Å². The summed E-state index contributed by atoms with van der Waals surface area (Å²) in [6.45, 7) is 11.5. The second kappa shape index (κ2) is 12.4.